The van der Waals surface area contributed by atoms with Crippen LogP contribution in [-0.2, 0) is 9.59 Å². The molecule has 9 heteroatoms. The van der Waals surface area contributed by atoms with E-state index in [1.807, 2.05) is 29.5 Å². The molecule has 1 aromatic carbocycles. The molecule has 0 saturated carbocycles. The summed E-state index contributed by atoms with van der Waals surface area (Å²) in [5.41, 5.74) is 1.14. The maximum atomic E-state index is 12.6. The molecule has 144 valence electrons. The summed E-state index contributed by atoms with van der Waals surface area (Å²) in [6.45, 7) is 5.72. The highest BCUT2D eigenvalue weighted by Gasteiger charge is 2.34. The number of rotatable bonds is 8. The fraction of sp³-hybridized carbons (Fsp3) is 0.278. The molecule has 1 amide bonds. The third-order valence-electron chi connectivity index (χ3n) is 3.63. The molecule has 27 heavy (non-hydrogen) atoms. The largest absolute Gasteiger partial charge is 0.490 e. The number of hydrogen-bond donors (Lipinski definition) is 1. The molecule has 1 aliphatic rings. The maximum absolute atomic E-state index is 12.6. The van der Waals surface area contributed by atoms with Gasteiger partial charge in [-0.05, 0) is 65.5 Å². The molecule has 0 unspecified atom stereocenters. The second kappa shape index (κ2) is 9.18. The second-order valence-electron chi connectivity index (χ2n) is 5.52. The molecule has 1 aliphatic heterocycles. The fourth-order valence-corrected chi connectivity index (χ4v) is 3.50. The van der Waals surface area contributed by atoms with Gasteiger partial charge in [0, 0.05) is 13.6 Å². The summed E-state index contributed by atoms with van der Waals surface area (Å²) in [4.78, 5) is 26.5. The predicted octanol–water partition coefficient (Wildman–Crippen LogP) is 2.74. The van der Waals surface area contributed by atoms with Crippen molar-refractivity contribution in [2.45, 2.75) is 6.92 Å². The van der Waals surface area contributed by atoms with Gasteiger partial charge in [0.1, 0.15) is 5.70 Å². The number of nitrogens with zero attached hydrogens (tertiary/aromatic N) is 2. The highest BCUT2D eigenvalue weighted by Crippen LogP contribution is 2.35. The Kier molecular flexibility index (Phi) is 7.19. The van der Waals surface area contributed by atoms with Crippen LogP contribution in [0, 0.1) is 3.57 Å². The van der Waals surface area contributed by atoms with Crippen molar-refractivity contribution in [2.24, 2.45) is 0 Å². The van der Waals surface area contributed by atoms with Crippen molar-refractivity contribution in [2.75, 3.05) is 26.8 Å². The summed E-state index contributed by atoms with van der Waals surface area (Å²) in [6, 6.07) is 3.49. The number of benzene rings is 1. The quantitative estimate of drug-likeness (QED) is 0.254. The van der Waals surface area contributed by atoms with Crippen LogP contribution >= 0.6 is 34.8 Å². The standard InChI is InChI=1S/C18H19IN2O5S/c1-4-6-21-17(24)13(20(3)18(21)27)8-11-7-12(19)16(26-10-15(22)23)14(9-11)25-5-2/h4,7-9H,1,5-6,10H2,2-3H3,(H,22,23). The zero-order chi connectivity index (χ0) is 20.1. The third-order valence-corrected chi connectivity index (χ3v) is 4.93. The van der Waals surface area contributed by atoms with Gasteiger partial charge in [0.2, 0.25) is 0 Å². The molecule has 7 nitrogen and oxygen atoms in total. The number of halogens is 1. The lowest BCUT2D eigenvalue weighted by molar-refractivity contribution is -0.139. The normalized spacial score (nSPS) is 15.4. The predicted molar refractivity (Wildman–Crippen MR) is 114 cm³/mol. The van der Waals surface area contributed by atoms with Crippen molar-refractivity contribution < 1.29 is 24.2 Å². The van der Waals surface area contributed by atoms with E-state index in [1.165, 1.54) is 4.90 Å². The molecule has 1 aromatic rings. The van der Waals surface area contributed by atoms with Crippen molar-refractivity contribution in [3.05, 3.63) is 39.6 Å². The first-order valence-corrected chi connectivity index (χ1v) is 9.51. The van der Waals surface area contributed by atoms with Crippen LogP contribution in [0.15, 0.2) is 30.5 Å². The number of carbonyl (C=O) groups is 2. The number of likely N-dealkylation sites (N-methyl/N-ethyl adjacent to an activating group) is 1. The summed E-state index contributed by atoms with van der Waals surface area (Å²) in [6.07, 6.45) is 3.33. The number of carbonyl (C=O) groups excluding carboxylic acids is 1. The Labute approximate surface area is 176 Å². The van der Waals surface area contributed by atoms with Gasteiger partial charge >= 0.3 is 5.97 Å². The lowest BCUT2D eigenvalue weighted by Gasteiger charge is -2.15. The van der Waals surface area contributed by atoms with E-state index >= 15 is 0 Å². The highest BCUT2D eigenvalue weighted by molar-refractivity contribution is 14.1. The van der Waals surface area contributed by atoms with Crippen LogP contribution in [0.1, 0.15) is 12.5 Å². The first-order chi connectivity index (χ1) is 12.8. The molecule has 1 saturated heterocycles. The van der Waals surface area contributed by atoms with Gasteiger partial charge in [0.05, 0.1) is 10.2 Å². The van der Waals surface area contributed by atoms with E-state index in [4.69, 9.17) is 26.8 Å². The third kappa shape index (κ3) is 4.78. The summed E-state index contributed by atoms with van der Waals surface area (Å²) in [7, 11) is 1.73. The van der Waals surface area contributed by atoms with Gasteiger partial charge in [-0.1, -0.05) is 6.08 Å². The Morgan fingerprint density at radius 2 is 2.11 bits per heavy atom. The maximum Gasteiger partial charge on any atom is 0.341 e. The van der Waals surface area contributed by atoms with E-state index in [-0.39, 0.29) is 5.91 Å². The number of carboxylic acid groups (broad SMARTS) is 1. The van der Waals surface area contributed by atoms with Crippen molar-refractivity contribution in [1.82, 2.24) is 9.80 Å². The molecular formula is C18H19IN2O5S. The zero-order valence-electron chi connectivity index (χ0n) is 14.9. The minimum Gasteiger partial charge on any atom is -0.490 e. The number of aliphatic carboxylic acids is 1. The van der Waals surface area contributed by atoms with Crippen LogP contribution in [0.3, 0.4) is 0 Å². The second-order valence-corrected chi connectivity index (χ2v) is 7.05. The zero-order valence-corrected chi connectivity index (χ0v) is 17.9. The van der Waals surface area contributed by atoms with E-state index in [0.717, 1.165) is 0 Å². The van der Waals surface area contributed by atoms with Crippen molar-refractivity contribution >= 4 is 57.9 Å². The molecular weight excluding hydrogens is 483 g/mol. The molecule has 1 heterocycles. The first kappa shape index (κ1) is 21.2. The summed E-state index contributed by atoms with van der Waals surface area (Å²) >= 11 is 7.35. The van der Waals surface area contributed by atoms with E-state index < -0.39 is 12.6 Å². The molecule has 0 aliphatic carbocycles. The fourth-order valence-electron chi connectivity index (χ4n) is 2.47. The average molecular weight is 502 g/mol. The lowest BCUT2D eigenvalue weighted by atomic mass is 10.1. The summed E-state index contributed by atoms with van der Waals surface area (Å²) in [5.74, 6) is -0.511. The minimum absolute atomic E-state index is 0.207. The SMILES string of the molecule is C=CCN1C(=O)C(=Cc2cc(I)c(OCC(=O)O)c(OCC)c2)N(C)C1=S. The number of thiocarbonyl (C=S) groups is 1. The molecule has 1 fully saturated rings. The Morgan fingerprint density at radius 3 is 2.70 bits per heavy atom. The van der Waals surface area contributed by atoms with Gasteiger partial charge in [-0.3, -0.25) is 9.69 Å². The van der Waals surface area contributed by atoms with Crippen LogP contribution in [-0.4, -0.2) is 58.7 Å². The van der Waals surface area contributed by atoms with E-state index in [1.54, 1.807) is 36.2 Å². The topological polar surface area (TPSA) is 79.3 Å². The minimum atomic E-state index is -1.08. The van der Waals surface area contributed by atoms with E-state index in [2.05, 4.69) is 6.58 Å². The molecule has 0 atom stereocenters. The van der Waals surface area contributed by atoms with Gasteiger partial charge in [0.25, 0.3) is 5.91 Å². The van der Waals surface area contributed by atoms with E-state index in [9.17, 15) is 9.59 Å². The monoisotopic (exact) mass is 502 g/mol. The number of hydrogen-bond acceptors (Lipinski definition) is 5. The summed E-state index contributed by atoms with van der Waals surface area (Å²) in [5, 5.41) is 9.25. The Hall–Kier alpha value is -2.14. The van der Waals surface area contributed by atoms with Gasteiger partial charge in [0.15, 0.2) is 23.2 Å². The highest BCUT2D eigenvalue weighted by atomic mass is 127. The van der Waals surface area contributed by atoms with Crippen LogP contribution in [0.25, 0.3) is 6.08 Å². The summed E-state index contributed by atoms with van der Waals surface area (Å²) < 4.78 is 11.6. The Morgan fingerprint density at radius 1 is 1.41 bits per heavy atom. The van der Waals surface area contributed by atoms with Crippen LogP contribution in [0.2, 0.25) is 0 Å². The Bertz CT molecular complexity index is 824. The molecule has 0 aromatic heterocycles. The molecule has 0 spiro atoms. The van der Waals surface area contributed by atoms with Gasteiger partial charge in [-0.25, -0.2) is 4.79 Å². The van der Waals surface area contributed by atoms with Gasteiger partial charge < -0.3 is 19.5 Å². The molecule has 2 rings (SSSR count). The molecule has 0 bridgehead atoms. The number of amides is 1. The van der Waals surface area contributed by atoms with Gasteiger partial charge in [-0.15, -0.1) is 6.58 Å². The van der Waals surface area contributed by atoms with Crippen LogP contribution in [0.4, 0.5) is 0 Å². The first-order valence-electron chi connectivity index (χ1n) is 8.03. The Balaban J connectivity index is 2.42. The smallest absolute Gasteiger partial charge is 0.341 e. The van der Waals surface area contributed by atoms with Crippen molar-refractivity contribution in [3.63, 3.8) is 0 Å². The molecule has 0 radical (unpaired) electrons. The number of carboxylic acids is 1. The van der Waals surface area contributed by atoms with E-state index in [0.29, 0.717) is 44.6 Å². The van der Waals surface area contributed by atoms with Gasteiger partial charge in [-0.2, -0.15) is 0 Å². The van der Waals surface area contributed by atoms with Crippen molar-refractivity contribution in [1.29, 1.82) is 0 Å². The lowest BCUT2D eigenvalue weighted by Crippen LogP contribution is -2.31. The number of ether oxygens (including phenoxy) is 2. The van der Waals surface area contributed by atoms with Crippen molar-refractivity contribution in [3.8, 4) is 11.5 Å². The van der Waals surface area contributed by atoms with Crippen LogP contribution in [0.5, 0.6) is 11.5 Å². The molecule has 1 N–H and O–H groups in total. The van der Waals surface area contributed by atoms with Crippen LogP contribution < -0.4 is 9.47 Å². The average Bonchev–Trinajstić information content (AvgIpc) is 2.79.